The zero-order valence-electron chi connectivity index (χ0n) is 20.5. The highest BCUT2D eigenvalue weighted by atomic mass is 16.6. The van der Waals surface area contributed by atoms with Gasteiger partial charge < -0.3 is 19.5 Å². The predicted molar refractivity (Wildman–Crippen MR) is 137 cm³/mol. The molecule has 0 saturated carbocycles. The van der Waals surface area contributed by atoms with Gasteiger partial charge in [0.1, 0.15) is 5.69 Å². The second-order valence-electron chi connectivity index (χ2n) is 9.24. The molecule has 35 heavy (non-hydrogen) atoms. The van der Waals surface area contributed by atoms with Crippen LogP contribution in [0.15, 0.2) is 60.8 Å². The van der Waals surface area contributed by atoms with Gasteiger partial charge in [-0.15, -0.1) is 0 Å². The van der Waals surface area contributed by atoms with Crippen LogP contribution in [-0.2, 0) is 28.6 Å². The number of hydrogen-bond donors (Lipinski definition) is 1. The number of pyridine rings is 1. The third kappa shape index (κ3) is 3.55. The smallest absolute Gasteiger partial charge is 0.341 e. The SMILES string of the molecule is CC(=O)Nc1cc(N(C)C)ccc1C1(Cc2c(C)n(C)c3ccccc23)OC(=O)c2cccnc21. The van der Waals surface area contributed by atoms with Crippen molar-refractivity contribution in [1.29, 1.82) is 0 Å². The van der Waals surface area contributed by atoms with E-state index in [4.69, 9.17) is 4.74 Å². The van der Waals surface area contributed by atoms with Gasteiger partial charge in [-0.1, -0.05) is 24.3 Å². The number of fused-ring (bicyclic) bond motifs is 2. The van der Waals surface area contributed by atoms with E-state index in [9.17, 15) is 9.59 Å². The third-order valence-corrected chi connectivity index (χ3v) is 6.90. The Morgan fingerprint density at radius 1 is 1.14 bits per heavy atom. The molecule has 7 heteroatoms. The van der Waals surface area contributed by atoms with Gasteiger partial charge in [-0.05, 0) is 42.8 Å². The maximum atomic E-state index is 13.1. The van der Waals surface area contributed by atoms with Crippen molar-refractivity contribution < 1.29 is 14.3 Å². The number of aromatic nitrogens is 2. The van der Waals surface area contributed by atoms with Crippen LogP contribution in [0, 0.1) is 6.92 Å². The summed E-state index contributed by atoms with van der Waals surface area (Å²) < 4.78 is 8.42. The van der Waals surface area contributed by atoms with Crippen LogP contribution in [0.25, 0.3) is 10.9 Å². The summed E-state index contributed by atoms with van der Waals surface area (Å²) in [5.41, 5.74) is 5.24. The van der Waals surface area contributed by atoms with Crippen molar-refractivity contribution in [2.45, 2.75) is 25.9 Å². The molecule has 0 aliphatic carbocycles. The minimum absolute atomic E-state index is 0.204. The van der Waals surface area contributed by atoms with Gasteiger partial charge in [0.05, 0.1) is 11.3 Å². The number of carbonyl (C=O) groups is 2. The first-order valence-electron chi connectivity index (χ1n) is 11.5. The number of benzene rings is 2. The minimum Gasteiger partial charge on any atom is -0.443 e. The number of amides is 1. The standard InChI is InChI=1S/C28H28N4O3/c1-17-22(20-9-6-7-11-25(20)32(17)5)16-28(26-21(27(34)35-28)10-8-14-29-26)23-13-12-19(31(3)4)15-24(23)30-18(2)33/h6-15H,16H2,1-5H3,(H,30,33). The Morgan fingerprint density at radius 2 is 1.91 bits per heavy atom. The second kappa shape index (κ2) is 8.27. The average Bonchev–Trinajstić information content (AvgIpc) is 3.26. The van der Waals surface area contributed by atoms with Crippen LogP contribution < -0.4 is 10.2 Å². The molecule has 0 fully saturated rings. The van der Waals surface area contributed by atoms with Crippen LogP contribution in [0.1, 0.15) is 39.8 Å². The van der Waals surface area contributed by atoms with Crippen molar-refractivity contribution in [2.75, 3.05) is 24.3 Å². The molecule has 0 saturated heterocycles. The number of anilines is 2. The second-order valence-corrected chi connectivity index (χ2v) is 9.24. The molecule has 4 aromatic rings. The van der Waals surface area contributed by atoms with Gasteiger partial charge in [-0.3, -0.25) is 9.78 Å². The molecule has 0 radical (unpaired) electrons. The molecule has 3 heterocycles. The Balaban J connectivity index is 1.80. The van der Waals surface area contributed by atoms with Crippen molar-refractivity contribution in [3.8, 4) is 0 Å². The molecule has 0 bridgehead atoms. The van der Waals surface area contributed by atoms with Gasteiger partial charge >= 0.3 is 5.97 Å². The molecule has 1 N–H and O–H groups in total. The number of aryl methyl sites for hydroxylation is 1. The van der Waals surface area contributed by atoms with E-state index in [-0.39, 0.29) is 5.91 Å². The highest BCUT2D eigenvalue weighted by molar-refractivity contribution is 5.97. The predicted octanol–water partition coefficient (Wildman–Crippen LogP) is 4.56. The fourth-order valence-corrected chi connectivity index (χ4v) is 5.08. The van der Waals surface area contributed by atoms with E-state index in [2.05, 4.69) is 33.9 Å². The summed E-state index contributed by atoms with van der Waals surface area (Å²) in [7, 11) is 5.91. The van der Waals surface area contributed by atoms with E-state index < -0.39 is 11.6 Å². The first kappa shape index (κ1) is 22.7. The molecule has 178 valence electrons. The molecule has 7 nitrogen and oxygen atoms in total. The number of carbonyl (C=O) groups excluding carboxylic acids is 2. The summed E-state index contributed by atoms with van der Waals surface area (Å²) in [6.07, 6.45) is 2.06. The zero-order chi connectivity index (χ0) is 24.9. The lowest BCUT2D eigenvalue weighted by Crippen LogP contribution is -2.33. The average molecular weight is 469 g/mol. The first-order chi connectivity index (χ1) is 16.7. The van der Waals surface area contributed by atoms with E-state index in [0.717, 1.165) is 27.8 Å². The lowest BCUT2D eigenvalue weighted by molar-refractivity contribution is -0.114. The number of para-hydroxylation sites is 1. The first-order valence-corrected chi connectivity index (χ1v) is 11.5. The molecular weight excluding hydrogens is 440 g/mol. The van der Waals surface area contributed by atoms with E-state index in [0.29, 0.717) is 28.9 Å². The Labute approximate surface area is 204 Å². The van der Waals surface area contributed by atoms with E-state index >= 15 is 0 Å². The molecule has 1 aliphatic heterocycles. The fourth-order valence-electron chi connectivity index (χ4n) is 5.08. The van der Waals surface area contributed by atoms with Crippen LogP contribution in [0.3, 0.4) is 0 Å². The maximum Gasteiger partial charge on any atom is 0.341 e. The van der Waals surface area contributed by atoms with Gasteiger partial charge in [-0.2, -0.15) is 0 Å². The molecule has 2 aromatic heterocycles. The largest absolute Gasteiger partial charge is 0.443 e. The maximum absolute atomic E-state index is 13.1. The van der Waals surface area contributed by atoms with Crippen LogP contribution in [0.4, 0.5) is 11.4 Å². The Morgan fingerprint density at radius 3 is 2.66 bits per heavy atom. The van der Waals surface area contributed by atoms with E-state index in [1.165, 1.54) is 6.92 Å². The number of nitrogens with one attached hydrogen (secondary N) is 1. The van der Waals surface area contributed by atoms with E-state index in [1.54, 1.807) is 18.3 Å². The van der Waals surface area contributed by atoms with Gasteiger partial charge in [0, 0.05) is 68.5 Å². The summed E-state index contributed by atoms with van der Waals surface area (Å²) in [5.74, 6) is -0.624. The van der Waals surface area contributed by atoms with Gasteiger partial charge in [0.2, 0.25) is 5.91 Å². The lowest BCUT2D eigenvalue weighted by Gasteiger charge is -2.31. The van der Waals surface area contributed by atoms with Crippen LogP contribution in [0.2, 0.25) is 0 Å². The molecule has 2 aromatic carbocycles. The summed E-state index contributed by atoms with van der Waals surface area (Å²) in [6, 6.07) is 17.5. The van der Waals surface area contributed by atoms with Crippen LogP contribution in [0.5, 0.6) is 0 Å². The highest BCUT2D eigenvalue weighted by Gasteiger charge is 2.50. The lowest BCUT2D eigenvalue weighted by atomic mass is 9.81. The summed E-state index contributed by atoms with van der Waals surface area (Å²) in [4.78, 5) is 32.0. The number of ether oxygens (including phenoxy) is 1. The van der Waals surface area contributed by atoms with Crippen LogP contribution >= 0.6 is 0 Å². The van der Waals surface area contributed by atoms with E-state index in [1.807, 2.05) is 56.4 Å². The molecule has 1 amide bonds. The summed E-state index contributed by atoms with van der Waals surface area (Å²) in [5, 5.41) is 4.06. The topological polar surface area (TPSA) is 76.5 Å². The quantitative estimate of drug-likeness (QED) is 0.435. The fraction of sp³-hybridized carbons (Fsp3) is 0.250. The van der Waals surface area contributed by atoms with Crippen molar-refractivity contribution in [2.24, 2.45) is 7.05 Å². The highest BCUT2D eigenvalue weighted by Crippen LogP contribution is 2.48. The van der Waals surface area contributed by atoms with Gasteiger partial charge in [0.25, 0.3) is 0 Å². The number of cyclic esters (lactones) is 1. The summed E-state index contributed by atoms with van der Waals surface area (Å²) >= 11 is 0. The van der Waals surface area contributed by atoms with Crippen molar-refractivity contribution in [3.05, 3.63) is 88.9 Å². The zero-order valence-corrected chi connectivity index (χ0v) is 20.5. The number of rotatable bonds is 5. The number of hydrogen-bond acceptors (Lipinski definition) is 5. The van der Waals surface area contributed by atoms with Gasteiger partial charge in [-0.25, -0.2) is 4.79 Å². The Kier molecular flexibility index (Phi) is 5.35. The molecule has 0 spiro atoms. The third-order valence-electron chi connectivity index (χ3n) is 6.90. The molecule has 1 atom stereocenters. The summed E-state index contributed by atoms with van der Waals surface area (Å²) in [6.45, 7) is 3.55. The minimum atomic E-state index is -1.20. The number of esters is 1. The molecule has 5 rings (SSSR count). The Bertz CT molecular complexity index is 1490. The van der Waals surface area contributed by atoms with Crippen LogP contribution in [-0.4, -0.2) is 35.5 Å². The molecule has 1 aliphatic rings. The van der Waals surface area contributed by atoms with Gasteiger partial charge in [0.15, 0.2) is 5.60 Å². The monoisotopic (exact) mass is 468 g/mol. The molecule has 1 unspecified atom stereocenters. The van der Waals surface area contributed by atoms with Crippen molar-refractivity contribution in [1.82, 2.24) is 9.55 Å². The van der Waals surface area contributed by atoms with Crippen molar-refractivity contribution in [3.63, 3.8) is 0 Å². The normalized spacial score (nSPS) is 16.8. The van der Waals surface area contributed by atoms with Crippen molar-refractivity contribution >= 4 is 34.2 Å². The molecular formula is C28H28N4O3. The Hall–Kier alpha value is -4.13. The number of nitrogens with zero attached hydrogens (tertiary/aromatic N) is 3.